The fraction of sp³-hybridized carbons (Fsp3) is 0.444. The molecule has 2 aliphatic heterocycles. The van der Waals surface area contributed by atoms with Gasteiger partial charge in [-0.15, -0.1) is 0 Å². The van der Waals surface area contributed by atoms with E-state index in [1.165, 1.54) is 55.1 Å². The zero-order valence-corrected chi connectivity index (χ0v) is 23.2. The van der Waals surface area contributed by atoms with Gasteiger partial charge in [0.2, 0.25) is 0 Å². The lowest BCUT2D eigenvalue weighted by atomic mass is 9.88. The maximum absolute atomic E-state index is 13.1. The van der Waals surface area contributed by atoms with Gasteiger partial charge in [-0.2, -0.15) is 0 Å². The molecule has 2 fully saturated rings. The van der Waals surface area contributed by atoms with Gasteiger partial charge in [-0.05, 0) is 60.6 Å². The number of benzene rings is 2. The minimum Gasteiger partial charge on any atom is -0.445 e. The Morgan fingerprint density at radius 1 is 0.854 bits per heavy atom. The van der Waals surface area contributed by atoms with Crippen LogP contribution in [-0.2, 0) is 27.5 Å². The lowest BCUT2D eigenvalue weighted by Crippen LogP contribution is -2.46. The number of likely N-dealkylation sites (tertiary alicyclic amines) is 2. The van der Waals surface area contributed by atoms with Crippen molar-refractivity contribution in [1.82, 2.24) is 9.80 Å². The third kappa shape index (κ3) is 7.93. The van der Waals surface area contributed by atoms with E-state index in [2.05, 4.69) is 0 Å². The summed E-state index contributed by atoms with van der Waals surface area (Å²) in [5.74, 6) is 0.0956. The molecule has 2 heterocycles. The Labute approximate surface area is 240 Å². The average molecular weight is 587 g/mol. The van der Waals surface area contributed by atoms with E-state index in [9.17, 15) is 34.6 Å². The van der Waals surface area contributed by atoms with E-state index in [4.69, 9.17) is 9.47 Å². The number of non-ortho nitro benzene ring substituents is 2. The first kappa shape index (κ1) is 29.8. The van der Waals surface area contributed by atoms with Crippen molar-refractivity contribution in [3.63, 3.8) is 0 Å². The van der Waals surface area contributed by atoms with Crippen molar-refractivity contribution >= 4 is 40.4 Å². The molecule has 0 unspecified atom stereocenters. The second-order valence-electron chi connectivity index (χ2n) is 9.97. The third-order valence-corrected chi connectivity index (χ3v) is 8.24. The maximum Gasteiger partial charge on any atom is 0.410 e. The van der Waals surface area contributed by atoms with Crippen molar-refractivity contribution in [2.24, 2.45) is 5.92 Å². The van der Waals surface area contributed by atoms with E-state index in [0.717, 1.165) is 0 Å². The summed E-state index contributed by atoms with van der Waals surface area (Å²) in [6.45, 7) is 2.70. The van der Waals surface area contributed by atoms with Gasteiger partial charge < -0.3 is 19.3 Å². The van der Waals surface area contributed by atoms with Gasteiger partial charge in [0, 0.05) is 62.1 Å². The van der Waals surface area contributed by atoms with Crippen LogP contribution in [-0.4, -0.2) is 67.9 Å². The van der Waals surface area contributed by atoms with E-state index in [0.29, 0.717) is 50.0 Å². The highest BCUT2D eigenvalue weighted by Crippen LogP contribution is 2.36. The summed E-state index contributed by atoms with van der Waals surface area (Å²) >= 11 is 1.21. The van der Waals surface area contributed by atoms with Gasteiger partial charge in [0.1, 0.15) is 13.2 Å². The molecule has 0 bridgehead atoms. The number of amides is 2. The number of rotatable bonds is 8. The molecule has 2 atom stereocenters. The van der Waals surface area contributed by atoms with Crippen LogP contribution in [0.1, 0.15) is 37.3 Å². The van der Waals surface area contributed by atoms with Crippen molar-refractivity contribution in [3.8, 4) is 0 Å². The first-order valence-corrected chi connectivity index (χ1v) is 14.0. The number of thioether (sulfide) groups is 1. The Kier molecular flexibility index (Phi) is 9.76. The topological polar surface area (TPSA) is 162 Å². The largest absolute Gasteiger partial charge is 0.445 e. The summed E-state index contributed by atoms with van der Waals surface area (Å²) in [5.41, 5.74) is 1.17. The number of nitro groups is 2. The van der Waals surface area contributed by atoms with E-state index >= 15 is 0 Å². The number of carbonyl (C=O) groups is 3. The summed E-state index contributed by atoms with van der Waals surface area (Å²) in [6, 6.07) is 11.4. The number of piperidine rings is 1. The van der Waals surface area contributed by atoms with Crippen molar-refractivity contribution < 1.29 is 33.7 Å². The van der Waals surface area contributed by atoms with Gasteiger partial charge in [-0.1, -0.05) is 11.8 Å². The fourth-order valence-corrected chi connectivity index (χ4v) is 6.16. The predicted molar refractivity (Wildman–Crippen MR) is 148 cm³/mol. The Bertz CT molecular complexity index is 1280. The summed E-state index contributed by atoms with van der Waals surface area (Å²) in [6.07, 6.45) is 0.927. The minimum absolute atomic E-state index is 0.00227. The van der Waals surface area contributed by atoms with Crippen molar-refractivity contribution in [3.05, 3.63) is 79.9 Å². The first-order valence-electron chi connectivity index (χ1n) is 13.1. The SMILES string of the molecule is CC(=O)S[C@H]1C[C@@H](C2CCN(C(=O)OCc3ccc([N+](=O)[O-])cc3)CC2)N(C(=O)OCc2ccc([N+](=O)[O-])cc2)C1. The smallest absolute Gasteiger partial charge is 0.410 e. The van der Waals surface area contributed by atoms with Gasteiger partial charge in [0.25, 0.3) is 11.4 Å². The highest BCUT2D eigenvalue weighted by atomic mass is 32.2. The van der Waals surface area contributed by atoms with Gasteiger partial charge in [-0.3, -0.25) is 25.0 Å². The molecule has 0 N–H and O–H groups in total. The summed E-state index contributed by atoms with van der Waals surface area (Å²) in [7, 11) is 0. The van der Waals surface area contributed by atoms with Crippen LogP contribution >= 0.6 is 11.8 Å². The molecule has 2 amide bonds. The maximum atomic E-state index is 13.1. The summed E-state index contributed by atoms with van der Waals surface area (Å²) < 4.78 is 10.9. The average Bonchev–Trinajstić information content (AvgIpc) is 3.38. The number of carbonyl (C=O) groups excluding carboxylic acids is 3. The molecule has 0 spiro atoms. The minimum atomic E-state index is -0.509. The van der Waals surface area contributed by atoms with E-state index in [-0.39, 0.29) is 46.9 Å². The van der Waals surface area contributed by atoms with E-state index in [1.54, 1.807) is 21.9 Å². The van der Waals surface area contributed by atoms with Crippen LogP contribution in [0.2, 0.25) is 0 Å². The number of nitro benzene ring substituents is 2. The predicted octanol–water partition coefficient (Wildman–Crippen LogP) is 4.91. The second-order valence-corrected chi connectivity index (χ2v) is 11.4. The Morgan fingerprint density at radius 2 is 1.34 bits per heavy atom. The highest BCUT2D eigenvalue weighted by molar-refractivity contribution is 8.14. The molecule has 41 heavy (non-hydrogen) atoms. The number of hydrogen-bond acceptors (Lipinski definition) is 10. The second kappa shape index (κ2) is 13.4. The molecule has 0 aliphatic carbocycles. The standard InChI is InChI=1S/C27H30N4O9S/c1-18(32)41-24-14-25(29(15-24)27(34)40-17-20-4-8-23(9-5-20)31(37)38)21-10-12-28(13-11-21)26(33)39-16-19-2-6-22(7-3-19)30(35)36/h2-9,21,24-25H,10-17H2,1H3/t24-,25-/m0/s1. The monoisotopic (exact) mass is 586 g/mol. The molecular formula is C27H30N4O9S. The Morgan fingerprint density at radius 3 is 1.80 bits per heavy atom. The first-order chi connectivity index (χ1) is 19.6. The molecule has 218 valence electrons. The molecule has 2 aromatic rings. The zero-order valence-electron chi connectivity index (χ0n) is 22.4. The van der Waals surface area contributed by atoms with Gasteiger partial charge >= 0.3 is 12.2 Å². The van der Waals surface area contributed by atoms with Crippen molar-refractivity contribution in [2.75, 3.05) is 19.6 Å². The third-order valence-electron chi connectivity index (χ3n) is 7.23. The van der Waals surface area contributed by atoms with Crippen LogP contribution in [0.3, 0.4) is 0 Å². The lowest BCUT2D eigenvalue weighted by molar-refractivity contribution is -0.385. The Balaban J connectivity index is 1.31. The zero-order chi connectivity index (χ0) is 29.5. The highest BCUT2D eigenvalue weighted by Gasteiger charge is 2.42. The van der Waals surface area contributed by atoms with Crippen LogP contribution in [0.15, 0.2) is 48.5 Å². The fourth-order valence-electron chi connectivity index (χ4n) is 5.16. The molecule has 0 aromatic heterocycles. The normalized spacial score (nSPS) is 19.0. The summed E-state index contributed by atoms with van der Waals surface area (Å²) in [5, 5.41) is 21.6. The molecule has 2 saturated heterocycles. The summed E-state index contributed by atoms with van der Waals surface area (Å²) in [4.78, 5) is 61.4. The quantitative estimate of drug-likeness (QED) is 0.307. The van der Waals surface area contributed by atoms with Crippen LogP contribution < -0.4 is 0 Å². The van der Waals surface area contributed by atoms with Crippen LogP contribution in [0.4, 0.5) is 21.0 Å². The van der Waals surface area contributed by atoms with Crippen LogP contribution in [0, 0.1) is 26.1 Å². The number of ether oxygens (including phenoxy) is 2. The van der Waals surface area contributed by atoms with Crippen LogP contribution in [0.25, 0.3) is 0 Å². The van der Waals surface area contributed by atoms with Gasteiger partial charge in [0.05, 0.1) is 9.85 Å². The Hall–Kier alpha value is -4.20. The van der Waals surface area contributed by atoms with Gasteiger partial charge in [0.15, 0.2) is 5.12 Å². The van der Waals surface area contributed by atoms with Crippen molar-refractivity contribution in [2.45, 2.75) is 50.7 Å². The molecule has 2 aliphatic rings. The van der Waals surface area contributed by atoms with Crippen molar-refractivity contribution in [1.29, 1.82) is 0 Å². The van der Waals surface area contributed by atoms with Crippen LogP contribution in [0.5, 0.6) is 0 Å². The molecule has 13 nitrogen and oxygen atoms in total. The molecule has 14 heteroatoms. The molecule has 0 radical (unpaired) electrons. The molecule has 4 rings (SSSR count). The lowest BCUT2D eigenvalue weighted by Gasteiger charge is -2.37. The van der Waals surface area contributed by atoms with E-state index in [1.807, 2.05) is 0 Å². The van der Waals surface area contributed by atoms with E-state index < -0.39 is 22.0 Å². The molecular weight excluding hydrogens is 556 g/mol. The number of nitrogens with zero attached hydrogens (tertiary/aromatic N) is 4. The molecule has 2 aromatic carbocycles. The van der Waals surface area contributed by atoms with Gasteiger partial charge in [-0.25, -0.2) is 9.59 Å². The molecule has 0 saturated carbocycles. The number of hydrogen-bond donors (Lipinski definition) is 0.